The minimum Gasteiger partial charge on any atom is -0.480 e. The van der Waals surface area contributed by atoms with Crippen molar-refractivity contribution in [3.05, 3.63) is 0 Å². The molecule has 1 rings (SSSR count). The Morgan fingerprint density at radius 3 is 2.62 bits per heavy atom. The van der Waals surface area contributed by atoms with Crippen molar-refractivity contribution < 1.29 is 32.9 Å². The molecule has 0 aromatic carbocycles. The van der Waals surface area contributed by atoms with Crippen LogP contribution in [0.4, 0.5) is 13.2 Å². The van der Waals surface area contributed by atoms with E-state index in [1.165, 1.54) is 4.90 Å². The number of likely N-dealkylation sites (tertiary alicyclic amines) is 1. The average Bonchev–Trinajstić information content (AvgIpc) is 2.44. The lowest BCUT2D eigenvalue weighted by Gasteiger charge is -2.20. The summed E-state index contributed by atoms with van der Waals surface area (Å²) in [6, 6.07) is -0.938. The second-order valence-electron chi connectivity index (χ2n) is 3.53. The molecule has 8 heteroatoms. The number of halogens is 3. The van der Waals surface area contributed by atoms with Crippen molar-refractivity contribution in [1.29, 1.82) is 0 Å². The highest BCUT2D eigenvalue weighted by Gasteiger charge is 2.36. The van der Waals surface area contributed by atoms with Crippen LogP contribution in [-0.4, -0.2) is 59.3 Å². The number of β-amino-alcohol motifs (C(OH)–C–C–N with tert-alkyl or cyclic N) is 1. The summed E-state index contributed by atoms with van der Waals surface area (Å²) < 4.78 is 38.5. The molecule has 2 atom stereocenters. The van der Waals surface area contributed by atoms with E-state index in [4.69, 9.17) is 5.11 Å². The lowest BCUT2D eigenvalue weighted by Crippen LogP contribution is -2.38. The highest BCUT2D eigenvalue weighted by atomic mass is 19.4. The van der Waals surface area contributed by atoms with E-state index in [1.54, 1.807) is 0 Å². The Balaban J connectivity index is 2.38. The van der Waals surface area contributed by atoms with Crippen molar-refractivity contribution in [3.63, 3.8) is 0 Å². The first-order valence-corrected chi connectivity index (χ1v) is 4.65. The number of carboxylic acid groups (broad SMARTS) is 1. The number of aliphatic hydroxyl groups excluding tert-OH is 1. The molecule has 0 radical (unpaired) electrons. The van der Waals surface area contributed by atoms with E-state index in [1.807, 2.05) is 0 Å². The molecule has 0 saturated carbocycles. The third kappa shape index (κ3) is 3.95. The molecule has 0 aromatic heterocycles. The predicted octanol–water partition coefficient (Wildman–Crippen LogP) is 0.0426. The van der Waals surface area contributed by atoms with Gasteiger partial charge in [0.2, 0.25) is 0 Å². The van der Waals surface area contributed by atoms with Crippen LogP contribution >= 0.6 is 0 Å². The molecule has 0 aromatic rings. The van der Waals surface area contributed by atoms with Gasteiger partial charge in [0, 0.05) is 19.5 Å². The van der Waals surface area contributed by atoms with Crippen LogP contribution in [0.3, 0.4) is 0 Å². The van der Waals surface area contributed by atoms with Crippen molar-refractivity contribution in [2.24, 2.45) is 0 Å². The summed E-state index contributed by atoms with van der Waals surface area (Å²) in [5, 5.41) is 18.0. The van der Waals surface area contributed by atoms with Crippen LogP contribution in [0.25, 0.3) is 0 Å². The SMILES string of the molecule is O=C(O)C1CC(O)CN1CCOC(F)(F)F. The van der Waals surface area contributed by atoms with E-state index in [0.717, 1.165) is 0 Å². The van der Waals surface area contributed by atoms with Gasteiger partial charge in [-0.3, -0.25) is 14.4 Å². The molecule has 1 saturated heterocycles. The first kappa shape index (κ1) is 13.2. The Labute approximate surface area is 89.4 Å². The van der Waals surface area contributed by atoms with Crippen LogP contribution in [0.5, 0.6) is 0 Å². The van der Waals surface area contributed by atoms with E-state index in [0.29, 0.717) is 0 Å². The number of carbonyl (C=O) groups is 1. The highest BCUT2D eigenvalue weighted by molar-refractivity contribution is 5.74. The summed E-state index contributed by atoms with van der Waals surface area (Å²) >= 11 is 0. The van der Waals surface area contributed by atoms with Crippen molar-refractivity contribution in [3.8, 4) is 0 Å². The largest absolute Gasteiger partial charge is 0.522 e. The molecule has 1 fully saturated rings. The topological polar surface area (TPSA) is 70.0 Å². The normalized spacial score (nSPS) is 27.2. The van der Waals surface area contributed by atoms with Crippen molar-refractivity contribution in [2.75, 3.05) is 19.7 Å². The number of hydrogen-bond acceptors (Lipinski definition) is 4. The Bertz CT molecular complexity index is 258. The van der Waals surface area contributed by atoms with Crippen molar-refractivity contribution in [2.45, 2.75) is 24.9 Å². The maximum Gasteiger partial charge on any atom is 0.522 e. The van der Waals surface area contributed by atoms with Crippen LogP contribution in [-0.2, 0) is 9.53 Å². The first-order chi connectivity index (χ1) is 7.29. The lowest BCUT2D eigenvalue weighted by molar-refractivity contribution is -0.325. The Morgan fingerprint density at radius 1 is 1.50 bits per heavy atom. The van der Waals surface area contributed by atoms with E-state index in [9.17, 15) is 23.1 Å². The molecule has 16 heavy (non-hydrogen) atoms. The maximum atomic E-state index is 11.7. The van der Waals surface area contributed by atoms with Crippen molar-refractivity contribution in [1.82, 2.24) is 4.90 Å². The molecule has 94 valence electrons. The van der Waals surface area contributed by atoms with Gasteiger partial charge < -0.3 is 10.2 Å². The second kappa shape index (κ2) is 4.98. The van der Waals surface area contributed by atoms with Gasteiger partial charge in [0.25, 0.3) is 0 Å². The molecule has 1 heterocycles. The van der Waals surface area contributed by atoms with Crippen molar-refractivity contribution >= 4 is 5.97 Å². The van der Waals surface area contributed by atoms with Gasteiger partial charge >= 0.3 is 12.3 Å². The molecule has 1 aliphatic rings. The summed E-state index contributed by atoms with van der Waals surface area (Å²) in [5.41, 5.74) is 0. The number of carboxylic acids is 1. The number of nitrogens with zero attached hydrogens (tertiary/aromatic N) is 1. The summed E-state index contributed by atoms with van der Waals surface area (Å²) in [7, 11) is 0. The fraction of sp³-hybridized carbons (Fsp3) is 0.875. The zero-order chi connectivity index (χ0) is 12.3. The minimum atomic E-state index is -4.71. The number of alkyl halides is 3. The molecule has 0 bridgehead atoms. The monoisotopic (exact) mass is 243 g/mol. The average molecular weight is 243 g/mol. The molecule has 1 aliphatic heterocycles. The number of aliphatic carboxylic acids is 1. The van der Waals surface area contributed by atoms with Crippen LogP contribution in [0.2, 0.25) is 0 Å². The van der Waals surface area contributed by atoms with E-state index in [-0.39, 0.29) is 19.5 Å². The van der Waals surface area contributed by atoms with E-state index in [2.05, 4.69) is 4.74 Å². The van der Waals surface area contributed by atoms with Gasteiger partial charge in [-0.05, 0) is 0 Å². The quantitative estimate of drug-likeness (QED) is 0.729. The first-order valence-electron chi connectivity index (χ1n) is 4.65. The second-order valence-corrected chi connectivity index (χ2v) is 3.53. The third-order valence-electron chi connectivity index (χ3n) is 2.31. The fourth-order valence-corrected chi connectivity index (χ4v) is 1.66. The molecule has 2 N–H and O–H groups in total. The van der Waals surface area contributed by atoms with E-state index >= 15 is 0 Å². The molecular formula is C8H12F3NO4. The highest BCUT2D eigenvalue weighted by Crippen LogP contribution is 2.19. The number of rotatable bonds is 4. The number of ether oxygens (including phenoxy) is 1. The predicted molar refractivity (Wildman–Crippen MR) is 45.6 cm³/mol. The van der Waals surface area contributed by atoms with Gasteiger partial charge in [0.1, 0.15) is 6.04 Å². The zero-order valence-corrected chi connectivity index (χ0v) is 8.28. The summed E-state index contributed by atoms with van der Waals surface area (Å²) in [6.45, 7) is -0.758. The summed E-state index contributed by atoms with van der Waals surface area (Å²) in [5.74, 6) is -1.15. The lowest BCUT2D eigenvalue weighted by atomic mass is 10.2. The van der Waals surface area contributed by atoms with Gasteiger partial charge in [0.15, 0.2) is 0 Å². The molecule has 0 amide bonds. The van der Waals surface area contributed by atoms with Crippen LogP contribution in [0.1, 0.15) is 6.42 Å². The standard InChI is InChI=1S/C8H12F3NO4/c9-8(10,11)16-2-1-12-4-5(13)3-6(12)7(14)15/h5-6,13H,1-4H2,(H,14,15). The molecule has 2 unspecified atom stereocenters. The van der Waals surface area contributed by atoms with Gasteiger partial charge in [-0.1, -0.05) is 0 Å². The van der Waals surface area contributed by atoms with Crippen LogP contribution in [0.15, 0.2) is 0 Å². The number of hydrogen-bond donors (Lipinski definition) is 2. The van der Waals surface area contributed by atoms with E-state index < -0.39 is 31.1 Å². The molecule has 0 aliphatic carbocycles. The Hall–Kier alpha value is -0.860. The molecule has 0 spiro atoms. The summed E-state index contributed by atoms with van der Waals surface area (Å²) in [6.07, 6.45) is -5.50. The fourth-order valence-electron chi connectivity index (χ4n) is 1.66. The van der Waals surface area contributed by atoms with Crippen LogP contribution in [0, 0.1) is 0 Å². The van der Waals surface area contributed by atoms with Gasteiger partial charge in [0.05, 0.1) is 12.7 Å². The maximum absolute atomic E-state index is 11.7. The Kier molecular flexibility index (Phi) is 4.11. The Morgan fingerprint density at radius 2 is 2.12 bits per heavy atom. The molecule has 5 nitrogen and oxygen atoms in total. The van der Waals surface area contributed by atoms with Gasteiger partial charge in [-0.25, -0.2) is 0 Å². The molecular weight excluding hydrogens is 231 g/mol. The van der Waals surface area contributed by atoms with Gasteiger partial charge in [-0.2, -0.15) is 0 Å². The smallest absolute Gasteiger partial charge is 0.480 e. The third-order valence-corrected chi connectivity index (χ3v) is 2.31. The minimum absolute atomic E-state index is 0.0291. The zero-order valence-electron chi connectivity index (χ0n) is 8.28. The van der Waals surface area contributed by atoms with Gasteiger partial charge in [-0.15, -0.1) is 13.2 Å². The summed E-state index contributed by atoms with van der Waals surface area (Å²) in [4.78, 5) is 12.0. The number of aliphatic hydroxyl groups is 1. The van der Waals surface area contributed by atoms with Crippen LogP contribution < -0.4 is 0 Å².